The van der Waals surface area contributed by atoms with E-state index in [1.54, 1.807) is 18.2 Å². The fourth-order valence-corrected chi connectivity index (χ4v) is 2.43. The summed E-state index contributed by atoms with van der Waals surface area (Å²) in [5.41, 5.74) is 3.62. The van der Waals surface area contributed by atoms with Gasteiger partial charge in [-0.15, -0.1) is 0 Å². The second-order valence-electron chi connectivity index (χ2n) is 4.97. The maximum absolute atomic E-state index is 10.9. The van der Waals surface area contributed by atoms with Gasteiger partial charge in [0.05, 0.1) is 5.56 Å². The van der Waals surface area contributed by atoms with Crippen LogP contribution in [0.1, 0.15) is 21.5 Å². The first-order valence-corrected chi connectivity index (χ1v) is 6.82. The Hall–Kier alpha value is -2.59. The van der Waals surface area contributed by atoms with Gasteiger partial charge in [-0.05, 0) is 29.3 Å². The number of fused-ring (bicyclic) bond motifs is 1. The summed E-state index contributed by atoms with van der Waals surface area (Å²) in [7, 11) is 0. The summed E-state index contributed by atoms with van der Waals surface area (Å²) in [6, 6.07) is 15.2. The molecule has 0 bridgehead atoms. The van der Waals surface area contributed by atoms with E-state index in [4.69, 9.17) is 5.11 Å². The smallest absolute Gasteiger partial charge is 0.335 e. The van der Waals surface area contributed by atoms with Crippen molar-refractivity contribution in [2.24, 2.45) is 0 Å². The molecule has 0 aliphatic carbocycles. The van der Waals surface area contributed by atoms with Gasteiger partial charge in [-0.3, -0.25) is 0 Å². The number of aromatic amines is 1. The molecule has 0 aliphatic heterocycles. The molecule has 0 spiro atoms. The zero-order valence-electron chi connectivity index (χ0n) is 11.5. The zero-order chi connectivity index (χ0) is 14.7. The lowest BCUT2D eigenvalue weighted by Crippen LogP contribution is -2.12. The molecule has 21 heavy (non-hydrogen) atoms. The van der Waals surface area contributed by atoms with Crippen LogP contribution in [0.15, 0.2) is 54.7 Å². The third kappa shape index (κ3) is 2.95. The Morgan fingerprint density at radius 3 is 2.81 bits per heavy atom. The highest BCUT2D eigenvalue weighted by Gasteiger charge is 2.04. The Balaban J connectivity index is 1.66. The molecule has 0 saturated carbocycles. The molecule has 3 rings (SSSR count). The van der Waals surface area contributed by atoms with Gasteiger partial charge in [0.1, 0.15) is 0 Å². The van der Waals surface area contributed by atoms with Crippen LogP contribution in [-0.2, 0) is 13.1 Å². The van der Waals surface area contributed by atoms with Gasteiger partial charge < -0.3 is 15.4 Å². The van der Waals surface area contributed by atoms with Crippen molar-refractivity contribution in [1.82, 2.24) is 10.3 Å². The minimum absolute atomic E-state index is 0.321. The largest absolute Gasteiger partial charge is 0.478 e. The Bertz CT molecular complexity index is 777. The number of carbonyl (C=O) groups is 1. The van der Waals surface area contributed by atoms with Crippen molar-refractivity contribution >= 4 is 16.9 Å². The average molecular weight is 280 g/mol. The third-order valence-corrected chi connectivity index (χ3v) is 3.49. The lowest BCUT2D eigenvalue weighted by Gasteiger charge is -2.05. The summed E-state index contributed by atoms with van der Waals surface area (Å²) in [5, 5.41) is 13.5. The van der Waals surface area contributed by atoms with E-state index in [0.717, 1.165) is 17.6 Å². The molecule has 4 heteroatoms. The van der Waals surface area contributed by atoms with Crippen LogP contribution >= 0.6 is 0 Å². The van der Waals surface area contributed by atoms with Crippen molar-refractivity contribution in [3.05, 3.63) is 71.4 Å². The van der Waals surface area contributed by atoms with Crippen LogP contribution in [-0.4, -0.2) is 16.1 Å². The number of rotatable bonds is 5. The number of aromatic nitrogens is 1. The Kier molecular flexibility index (Phi) is 3.71. The van der Waals surface area contributed by atoms with E-state index < -0.39 is 5.97 Å². The predicted molar refractivity (Wildman–Crippen MR) is 82.2 cm³/mol. The van der Waals surface area contributed by atoms with Crippen LogP contribution in [0.25, 0.3) is 10.9 Å². The molecule has 0 unspecified atom stereocenters. The van der Waals surface area contributed by atoms with Gasteiger partial charge >= 0.3 is 5.97 Å². The molecule has 0 atom stereocenters. The molecule has 4 nitrogen and oxygen atoms in total. The maximum Gasteiger partial charge on any atom is 0.335 e. The molecule has 0 amide bonds. The second kappa shape index (κ2) is 5.81. The number of carboxylic acids is 1. The molecule has 1 aromatic heterocycles. The molecule has 0 fully saturated rings. The van der Waals surface area contributed by atoms with E-state index in [1.807, 2.05) is 24.4 Å². The summed E-state index contributed by atoms with van der Waals surface area (Å²) in [6.07, 6.45) is 2.01. The monoisotopic (exact) mass is 280 g/mol. The highest BCUT2D eigenvalue weighted by molar-refractivity contribution is 5.87. The van der Waals surface area contributed by atoms with E-state index in [0.29, 0.717) is 12.1 Å². The molecular formula is C17H16N2O2. The maximum atomic E-state index is 10.9. The highest BCUT2D eigenvalue weighted by Crippen LogP contribution is 2.17. The van der Waals surface area contributed by atoms with E-state index in [1.165, 1.54) is 10.9 Å². The van der Waals surface area contributed by atoms with Crippen molar-refractivity contribution in [1.29, 1.82) is 0 Å². The van der Waals surface area contributed by atoms with Gasteiger partial charge in [0.2, 0.25) is 0 Å². The molecule has 106 valence electrons. The Labute approximate surface area is 122 Å². The molecular weight excluding hydrogens is 264 g/mol. The SMILES string of the molecule is O=C(O)c1cccc(CNCc2c[nH]c3ccccc23)c1. The first-order chi connectivity index (χ1) is 10.2. The highest BCUT2D eigenvalue weighted by atomic mass is 16.4. The van der Waals surface area contributed by atoms with Crippen LogP contribution in [0.2, 0.25) is 0 Å². The standard InChI is InChI=1S/C17H16N2O2/c20-17(21)13-5-3-4-12(8-13)9-18-10-14-11-19-16-7-2-1-6-15(14)16/h1-8,11,18-19H,9-10H2,(H,20,21). The van der Waals surface area contributed by atoms with Gasteiger partial charge in [0.25, 0.3) is 0 Å². The molecule has 3 aromatic rings. The number of benzene rings is 2. The van der Waals surface area contributed by atoms with Crippen molar-refractivity contribution < 1.29 is 9.90 Å². The summed E-state index contributed by atoms with van der Waals surface area (Å²) < 4.78 is 0. The predicted octanol–water partition coefficient (Wildman–Crippen LogP) is 3.16. The zero-order valence-corrected chi connectivity index (χ0v) is 11.5. The number of carboxylic acid groups (broad SMARTS) is 1. The van der Waals surface area contributed by atoms with E-state index in [-0.39, 0.29) is 0 Å². The molecule has 0 saturated heterocycles. The lowest BCUT2D eigenvalue weighted by molar-refractivity contribution is 0.0696. The summed E-state index contributed by atoms with van der Waals surface area (Å²) in [4.78, 5) is 14.2. The van der Waals surface area contributed by atoms with Gasteiger partial charge in [-0.2, -0.15) is 0 Å². The minimum Gasteiger partial charge on any atom is -0.478 e. The van der Waals surface area contributed by atoms with Crippen molar-refractivity contribution in [3.8, 4) is 0 Å². The number of H-pyrrole nitrogens is 1. The lowest BCUT2D eigenvalue weighted by atomic mass is 10.1. The molecule has 0 radical (unpaired) electrons. The van der Waals surface area contributed by atoms with Crippen molar-refractivity contribution in [2.75, 3.05) is 0 Å². The first-order valence-electron chi connectivity index (χ1n) is 6.82. The van der Waals surface area contributed by atoms with Gasteiger partial charge in [0.15, 0.2) is 0 Å². The number of aromatic carboxylic acids is 1. The van der Waals surface area contributed by atoms with E-state index in [2.05, 4.69) is 22.4 Å². The summed E-state index contributed by atoms with van der Waals surface area (Å²) in [5.74, 6) is -0.895. The van der Waals surface area contributed by atoms with Crippen molar-refractivity contribution in [2.45, 2.75) is 13.1 Å². The van der Waals surface area contributed by atoms with E-state index >= 15 is 0 Å². The Morgan fingerprint density at radius 2 is 1.95 bits per heavy atom. The summed E-state index contributed by atoms with van der Waals surface area (Å²) in [6.45, 7) is 1.38. The molecule has 1 heterocycles. The number of hydrogen-bond acceptors (Lipinski definition) is 2. The van der Waals surface area contributed by atoms with E-state index in [9.17, 15) is 4.79 Å². The van der Waals surface area contributed by atoms with Crippen LogP contribution in [0.5, 0.6) is 0 Å². The van der Waals surface area contributed by atoms with Crippen LogP contribution in [0.3, 0.4) is 0 Å². The third-order valence-electron chi connectivity index (χ3n) is 3.49. The molecule has 2 aromatic carbocycles. The summed E-state index contributed by atoms with van der Waals surface area (Å²) >= 11 is 0. The van der Waals surface area contributed by atoms with Crippen LogP contribution in [0.4, 0.5) is 0 Å². The van der Waals surface area contributed by atoms with Gasteiger partial charge in [0, 0.05) is 30.2 Å². The number of para-hydroxylation sites is 1. The fraction of sp³-hybridized carbons (Fsp3) is 0.118. The van der Waals surface area contributed by atoms with Crippen LogP contribution in [0, 0.1) is 0 Å². The van der Waals surface area contributed by atoms with Gasteiger partial charge in [-0.25, -0.2) is 4.79 Å². The quantitative estimate of drug-likeness (QED) is 0.672. The minimum atomic E-state index is -0.895. The first kappa shape index (κ1) is 13.4. The molecule has 0 aliphatic rings. The average Bonchev–Trinajstić information content (AvgIpc) is 2.91. The number of nitrogens with one attached hydrogen (secondary N) is 2. The van der Waals surface area contributed by atoms with Crippen molar-refractivity contribution in [3.63, 3.8) is 0 Å². The number of hydrogen-bond donors (Lipinski definition) is 3. The topological polar surface area (TPSA) is 65.1 Å². The second-order valence-corrected chi connectivity index (χ2v) is 4.97. The normalized spacial score (nSPS) is 10.9. The fourth-order valence-electron chi connectivity index (χ4n) is 2.43. The molecule has 3 N–H and O–H groups in total. The van der Waals surface area contributed by atoms with Gasteiger partial charge in [-0.1, -0.05) is 30.3 Å². The van der Waals surface area contributed by atoms with Crippen LogP contribution < -0.4 is 5.32 Å². The Morgan fingerprint density at radius 1 is 1.10 bits per heavy atom.